The van der Waals surface area contributed by atoms with Gasteiger partial charge in [-0.05, 0) is 62.7 Å². The highest BCUT2D eigenvalue weighted by molar-refractivity contribution is 5.94. The van der Waals surface area contributed by atoms with Gasteiger partial charge in [0.05, 0.1) is 28.7 Å². The van der Waals surface area contributed by atoms with Crippen molar-refractivity contribution in [2.24, 2.45) is 7.05 Å². The van der Waals surface area contributed by atoms with Gasteiger partial charge in [-0.25, -0.2) is 4.98 Å². The number of morpholine rings is 1. The van der Waals surface area contributed by atoms with E-state index in [0.29, 0.717) is 30.2 Å². The van der Waals surface area contributed by atoms with Crippen LogP contribution in [0.1, 0.15) is 41.2 Å². The van der Waals surface area contributed by atoms with E-state index in [0.717, 1.165) is 6.07 Å². The smallest absolute Gasteiger partial charge is 0.381 e. The molecule has 2 aromatic carbocycles. The highest BCUT2D eigenvalue weighted by atomic mass is 19.4. The molecule has 2 atom stereocenters. The summed E-state index contributed by atoms with van der Waals surface area (Å²) >= 11 is 0. The molecule has 1 saturated heterocycles. The van der Waals surface area contributed by atoms with Crippen molar-refractivity contribution in [2.45, 2.75) is 45.7 Å². The fourth-order valence-corrected chi connectivity index (χ4v) is 4.34. The van der Waals surface area contributed by atoms with Crippen LogP contribution in [0, 0.1) is 6.92 Å². The van der Waals surface area contributed by atoms with Crippen LogP contribution in [0.2, 0.25) is 0 Å². The van der Waals surface area contributed by atoms with Gasteiger partial charge in [0.25, 0.3) is 11.5 Å². The molecule has 0 aliphatic carbocycles. The second kappa shape index (κ2) is 9.33. The van der Waals surface area contributed by atoms with E-state index in [-0.39, 0.29) is 41.1 Å². The minimum absolute atomic E-state index is 0.0105. The zero-order valence-electron chi connectivity index (χ0n) is 19.9. The number of halogens is 3. The molecular weight excluding hydrogens is 461 g/mol. The fraction of sp³-hybridized carbons (Fsp3) is 0.400. The van der Waals surface area contributed by atoms with Crippen molar-refractivity contribution >= 4 is 22.5 Å². The molecular formula is C25H27F3N4O3. The number of carbonyl (C=O) groups excluding carboxylic acids is 1. The lowest BCUT2D eigenvalue weighted by Crippen LogP contribution is -2.48. The molecule has 0 bridgehead atoms. The Balaban J connectivity index is 1.56. The number of nitrogens with zero attached hydrogens (tertiary/aromatic N) is 3. The molecule has 35 heavy (non-hydrogen) atoms. The number of amides is 1. The lowest BCUT2D eigenvalue weighted by Gasteiger charge is -2.35. The predicted molar refractivity (Wildman–Crippen MR) is 126 cm³/mol. The van der Waals surface area contributed by atoms with Gasteiger partial charge in [0.2, 0.25) is 0 Å². The van der Waals surface area contributed by atoms with E-state index >= 15 is 0 Å². The molecule has 2 unspecified atom stereocenters. The first-order valence-electron chi connectivity index (χ1n) is 11.3. The minimum Gasteiger partial charge on any atom is -0.381 e. The Morgan fingerprint density at radius 1 is 1.14 bits per heavy atom. The van der Waals surface area contributed by atoms with Crippen LogP contribution >= 0.6 is 0 Å². The summed E-state index contributed by atoms with van der Waals surface area (Å²) in [7, 11) is 1.53. The summed E-state index contributed by atoms with van der Waals surface area (Å²) in [5.74, 6) is 0.211. The zero-order valence-corrected chi connectivity index (χ0v) is 19.9. The maximum absolute atomic E-state index is 13.8. The first-order chi connectivity index (χ1) is 16.4. The van der Waals surface area contributed by atoms with Crippen LogP contribution in [0.15, 0.2) is 41.2 Å². The lowest BCUT2D eigenvalue weighted by molar-refractivity contribution is -0.138. The van der Waals surface area contributed by atoms with Crippen LogP contribution < -0.4 is 10.9 Å². The Morgan fingerprint density at radius 3 is 2.37 bits per heavy atom. The van der Waals surface area contributed by atoms with Gasteiger partial charge in [-0.1, -0.05) is 0 Å². The average Bonchev–Trinajstić information content (AvgIpc) is 2.79. The largest absolute Gasteiger partial charge is 0.416 e. The van der Waals surface area contributed by atoms with E-state index in [1.807, 2.05) is 13.8 Å². The molecule has 7 nitrogen and oxygen atoms in total. The Kier molecular flexibility index (Phi) is 6.59. The van der Waals surface area contributed by atoms with E-state index in [1.54, 1.807) is 36.1 Å². The third kappa shape index (κ3) is 5.17. The molecule has 1 fully saturated rings. The van der Waals surface area contributed by atoms with Gasteiger partial charge in [-0.3, -0.25) is 14.2 Å². The zero-order chi connectivity index (χ0) is 25.5. The highest BCUT2D eigenvalue weighted by Crippen LogP contribution is 2.34. The molecule has 1 amide bonds. The third-order valence-electron chi connectivity index (χ3n) is 6.15. The molecule has 0 spiro atoms. The van der Waals surface area contributed by atoms with E-state index in [1.165, 1.54) is 17.7 Å². The van der Waals surface area contributed by atoms with Crippen molar-refractivity contribution in [3.8, 4) is 0 Å². The number of fused-ring (bicyclic) bond motifs is 1. The monoisotopic (exact) mass is 488 g/mol. The van der Waals surface area contributed by atoms with Crippen LogP contribution in [-0.2, 0) is 24.5 Å². The molecule has 10 heteroatoms. The summed E-state index contributed by atoms with van der Waals surface area (Å²) < 4.78 is 48.3. The predicted octanol–water partition coefficient (Wildman–Crippen LogP) is 4.12. The summed E-state index contributed by atoms with van der Waals surface area (Å²) in [6, 6.07) is 8.76. The lowest BCUT2D eigenvalue weighted by atomic mass is 10.0. The quantitative estimate of drug-likeness (QED) is 0.598. The molecule has 1 aromatic heterocycles. The van der Waals surface area contributed by atoms with Crippen LogP contribution in [0.5, 0.6) is 0 Å². The maximum atomic E-state index is 13.8. The van der Waals surface area contributed by atoms with E-state index in [4.69, 9.17) is 4.74 Å². The number of rotatable bonds is 4. The number of carbonyl (C=O) groups is 1. The van der Waals surface area contributed by atoms with Gasteiger partial charge in [0, 0.05) is 37.9 Å². The summed E-state index contributed by atoms with van der Waals surface area (Å²) in [6.07, 6.45) is -4.71. The Hall–Kier alpha value is -3.40. The summed E-state index contributed by atoms with van der Waals surface area (Å²) in [5.41, 5.74) is -0.269. The number of hydrogen-bond acceptors (Lipinski definition) is 5. The van der Waals surface area contributed by atoms with E-state index in [2.05, 4.69) is 10.3 Å². The van der Waals surface area contributed by atoms with Crippen molar-refractivity contribution in [3.05, 3.63) is 69.3 Å². The number of hydrogen-bond donors (Lipinski definition) is 1. The molecule has 0 radical (unpaired) electrons. The van der Waals surface area contributed by atoms with E-state index < -0.39 is 17.3 Å². The molecule has 1 aliphatic heterocycles. The van der Waals surface area contributed by atoms with Crippen molar-refractivity contribution in [1.82, 2.24) is 14.5 Å². The van der Waals surface area contributed by atoms with Crippen LogP contribution in [0.3, 0.4) is 0 Å². The SMILES string of the molecule is Cc1nc2cc(C(F)(F)F)c(CNc3ccc(C(=O)N4CC(C)OC(C)C4)cc3)cc2c(=O)n1C. The number of nitrogens with one attached hydrogen (secondary N) is 1. The fourth-order valence-electron chi connectivity index (χ4n) is 4.34. The third-order valence-corrected chi connectivity index (χ3v) is 6.15. The first-order valence-corrected chi connectivity index (χ1v) is 11.3. The van der Waals surface area contributed by atoms with Gasteiger partial charge in [-0.2, -0.15) is 13.2 Å². The number of alkyl halides is 3. The standard InChI is InChI=1S/C25H27F3N4O3/c1-14-12-32(13-15(2)35-14)23(33)17-5-7-19(8-6-17)29-11-18-9-20-22(10-21(18)25(26,27)28)30-16(3)31(4)24(20)34/h5-10,14-15,29H,11-13H2,1-4H3. The molecule has 3 aromatic rings. The van der Waals surface area contributed by atoms with Gasteiger partial charge >= 0.3 is 6.18 Å². The normalized spacial score (nSPS) is 18.7. The first kappa shape index (κ1) is 24.7. The van der Waals surface area contributed by atoms with Crippen molar-refractivity contribution in [3.63, 3.8) is 0 Å². The number of anilines is 1. The maximum Gasteiger partial charge on any atom is 0.416 e. The average molecular weight is 489 g/mol. The van der Waals surface area contributed by atoms with Crippen molar-refractivity contribution in [1.29, 1.82) is 0 Å². The topological polar surface area (TPSA) is 76.5 Å². The number of aromatic nitrogens is 2. The molecule has 4 rings (SSSR count). The van der Waals surface area contributed by atoms with E-state index in [9.17, 15) is 22.8 Å². The summed E-state index contributed by atoms with van der Waals surface area (Å²) in [5, 5.41) is 3.09. The number of aryl methyl sites for hydroxylation is 1. The molecule has 186 valence electrons. The Morgan fingerprint density at radius 2 is 1.77 bits per heavy atom. The van der Waals surface area contributed by atoms with Crippen molar-refractivity contribution < 1.29 is 22.7 Å². The molecule has 1 N–H and O–H groups in total. The number of benzene rings is 2. The second-order valence-corrected chi connectivity index (χ2v) is 8.95. The van der Waals surface area contributed by atoms with Gasteiger partial charge in [-0.15, -0.1) is 0 Å². The second-order valence-electron chi connectivity index (χ2n) is 8.95. The molecule has 2 heterocycles. The summed E-state index contributed by atoms with van der Waals surface area (Å²) in [6.45, 7) is 6.24. The molecule has 1 aliphatic rings. The van der Waals surface area contributed by atoms with Gasteiger partial charge in [0.1, 0.15) is 5.82 Å². The highest BCUT2D eigenvalue weighted by Gasteiger charge is 2.34. The van der Waals surface area contributed by atoms with Gasteiger partial charge in [0.15, 0.2) is 0 Å². The minimum atomic E-state index is -4.61. The van der Waals surface area contributed by atoms with Crippen LogP contribution in [0.4, 0.5) is 18.9 Å². The van der Waals surface area contributed by atoms with Crippen LogP contribution in [-0.4, -0.2) is 45.7 Å². The number of ether oxygens (including phenoxy) is 1. The summed E-state index contributed by atoms with van der Waals surface area (Å²) in [4.78, 5) is 31.3. The van der Waals surface area contributed by atoms with Gasteiger partial charge < -0.3 is 15.0 Å². The Labute approximate surface area is 200 Å². The van der Waals surface area contributed by atoms with Crippen LogP contribution in [0.25, 0.3) is 10.9 Å². The molecule has 0 saturated carbocycles. The Bertz CT molecular complexity index is 1310. The van der Waals surface area contributed by atoms with Crippen molar-refractivity contribution in [2.75, 3.05) is 18.4 Å².